The highest BCUT2D eigenvalue weighted by molar-refractivity contribution is 7.98. The number of hydrogen-bond acceptors (Lipinski definition) is 5. The molecule has 0 aliphatic rings. The second kappa shape index (κ2) is 7.62. The molecule has 1 aromatic rings. The van der Waals surface area contributed by atoms with Gasteiger partial charge < -0.3 is 20.3 Å². The highest BCUT2D eigenvalue weighted by Crippen LogP contribution is 2.01. The van der Waals surface area contributed by atoms with Crippen molar-refractivity contribution >= 4 is 23.8 Å². The SMILES string of the molecule is CSCC[C@@H](NC(=O)NCc1nncn1C)C(=O)O. The minimum absolute atomic E-state index is 0.192. The number of urea groups is 1. The van der Waals surface area contributed by atoms with Gasteiger partial charge in [0.2, 0.25) is 0 Å². The molecule has 0 aliphatic carbocycles. The molecule has 9 heteroatoms. The number of nitrogens with one attached hydrogen (secondary N) is 2. The summed E-state index contributed by atoms with van der Waals surface area (Å²) in [6, 6.07) is -1.41. The topological polar surface area (TPSA) is 109 Å². The standard InChI is InChI=1S/C10H17N5O3S/c1-15-6-12-14-8(15)5-11-10(18)13-7(9(16)17)3-4-19-2/h6-7H,3-5H2,1-2H3,(H,16,17)(H2,11,13,18)/t7-/m1/s1. The lowest BCUT2D eigenvalue weighted by Gasteiger charge is -2.14. The van der Waals surface area contributed by atoms with Crippen LogP contribution >= 0.6 is 11.8 Å². The van der Waals surface area contributed by atoms with Crippen LogP contribution in [0.5, 0.6) is 0 Å². The van der Waals surface area contributed by atoms with Crippen LogP contribution in [0.25, 0.3) is 0 Å². The van der Waals surface area contributed by atoms with E-state index in [1.807, 2.05) is 6.26 Å². The Kier molecular flexibility index (Phi) is 6.13. The Balaban J connectivity index is 2.40. The van der Waals surface area contributed by atoms with Crippen molar-refractivity contribution in [3.05, 3.63) is 12.2 Å². The van der Waals surface area contributed by atoms with E-state index in [1.54, 1.807) is 11.6 Å². The van der Waals surface area contributed by atoms with E-state index < -0.39 is 18.0 Å². The van der Waals surface area contributed by atoms with Crippen molar-refractivity contribution < 1.29 is 14.7 Å². The fraction of sp³-hybridized carbons (Fsp3) is 0.600. The Bertz CT molecular complexity index is 437. The summed E-state index contributed by atoms with van der Waals surface area (Å²) in [7, 11) is 1.76. The van der Waals surface area contributed by atoms with E-state index in [0.717, 1.165) is 0 Å². The van der Waals surface area contributed by atoms with Crippen molar-refractivity contribution in [3.63, 3.8) is 0 Å². The Labute approximate surface area is 115 Å². The third-order valence-electron chi connectivity index (χ3n) is 2.43. The summed E-state index contributed by atoms with van der Waals surface area (Å²) in [5.74, 6) is 0.217. The number of rotatable bonds is 7. The van der Waals surface area contributed by atoms with Gasteiger partial charge in [0.1, 0.15) is 12.4 Å². The summed E-state index contributed by atoms with van der Waals surface area (Å²) >= 11 is 1.53. The van der Waals surface area contributed by atoms with Crippen LogP contribution in [0.2, 0.25) is 0 Å². The molecule has 1 heterocycles. The molecular weight excluding hydrogens is 270 g/mol. The summed E-state index contributed by atoms with van der Waals surface area (Å²) in [6.45, 7) is 0.192. The second-order valence-corrected chi connectivity index (χ2v) is 4.84. The normalized spacial score (nSPS) is 11.9. The number of carbonyl (C=O) groups is 2. The molecule has 106 valence electrons. The summed E-state index contributed by atoms with van der Waals surface area (Å²) < 4.78 is 1.67. The van der Waals surface area contributed by atoms with Gasteiger partial charge in [-0.05, 0) is 18.4 Å². The predicted molar refractivity (Wildman–Crippen MR) is 70.8 cm³/mol. The van der Waals surface area contributed by atoms with Crippen molar-refractivity contribution in [3.8, 4) is 0 Å². The van der Waals surface area contributed by atoms with Crippen LogP contribution in [0.3, 0.4) is 0 Å². The maximum absolute atomic E-state index is 11.6. The number of aliphatic carboxylic acids is 1. The first-order valence-corrected chi connectivity index (χ1v) is 7.03. The summed E-state index contributed by atoms with van der Waals surface area (Å²) in [5.41, 5.74) is 0. The number of nitrogens with zero attached hydrogens (tertiary/aromatic N) is 3. The van der Waals surface area contributed by atoms with Crippen molar-refractivity contribution in [2.45, 2.75) is 19.0 Å². The monoisotopic (exact) mass is 287 g/mol. The van der Waals surface area contributed by atoms with E-state index in [-0.39, 0.29) is 6.54 Å². The summed E-state index contributed by atoms with van der Waals surface area (Å²) in [6.07, 6.45) is 3.79. The highest BCUT2D eigenvalue weighted by atomic mass is 32.2. The minimum atomic E-state index is -1.04. The zero-order valence-corrected chi connectivity index (χ0v) is 11.6. The van der Waals surface area contributed by atoms with E-state index in [9.17, 15) is 9.59 Å². The van der Waals surface area contributed by atoms with Gasteiger partial charge in [-0.25, -0.2) is 9.59 Å². The number of carbonyl (C=O) groups excluding carboxylic acids is 1. The number of aromatic nitrogens is 3. The van der Waals surface area contributed by atoms with Crippen LogP contribution in [0, 0.1) is 0 Å². The first kappa shape index (κ1) is 15.3. The molecule has 0 unspecified atom stereocenters. The third kappa shape index (κ3) is 5.16. The van der Waals surface area contributed by atoms with Crippen molar-refractivity contribution in [2.75, 3.05) is 12.0 Å². The van der Waals surface area contributed by atoms with Gasteiger partial charge in [-0.1, -0.05) is 0 Å². The molecule has 19 heavy (non-hydrogen) atoms. The van der Waals surface area contributed by atoms with Crippen LogP contribution < -0.4 is 10.6 Å². The Morgan fingerprint density at radius 3 is 2.84 bits per heavy atom. The fourth-order valence-electron chi connectivity index (χ4n) is 1.33. The maximum Gasteiger partial charge on any atom is 0.326 e. The van der Waals surface area contributed by atoms with Gasteiger partial charge in [-0.3, -0.25) is 0 Å². The Morgan fingerprint density at radius 2 is 2.32 bits per heavy atom. The van der Waals surface area contributed by atoms with Gasteiger partial charge in [-0.15, -0.1) is 10.2 Å². The van der Waals surface area contributed by atoms with Gasteiger partial charge >= 0.3 is 12.0 Å². The molecule has 1 rings (SSSR count). The molecule has 0 aromatic carbocycles. The molecule has 3 N–H and O–H groups in total. The van der Waals surface area contributed by atoms with Crippen LogP contribution in [0.4, 0.5) is 4.79 Å². The maximum atomic E-state index is 11.6. The smallest absolute Gasteiger partial charge is 0.326 e. The van der Waals surface area contributed by atoms with Crippen LogP contribution in [-0.4, -0.2) is 49.9 Å². The van der Waals surface area contributed by atoms with E-state index in [4.69, 9.17) is 5.11 Å². The largest absolute Gasteiger partial charge is 0.480 e. The molecule has 0 aliphatic heterocycles. The lowest BCUT2D eigenvalue weighted by molar-refractivity contribution is -0.139. The number of amides is 2. The van der Waals surface area contributed by atoms with E-state index in [1.165, 1.54) is 18.1 Å². The van der Waals surface area contributed by atoms with Gasteiger partial charge in [-0.2, -0.15) is 11.8 Å². The zero-order valence-electron chi connectivity index (χ0n) is 10.8. The lowest BCUT2D eigenvalue weighted by atomic mass is 10.2. The lowest BCUT2D eigenvalue weighted by Crippen LogP contribution is -2.46. The van der Waals surface area contributed by atoms with Gasteiger partial charge in [0.05, 0.1) is 6.54 Å². The van der Waals surface area contributed by atoms with Crippen molar-refractivity contribution in [1.82, 2.24) is 25.4 Å². The molecule has 0 saturated heterocycles. The zero-order chi connectivity index (χ0) is 14.3. The average Bonchev–Trinajstić information content (AvgIpc) is 2.77. The quantitative estimate of drug-likeness (QED) is 0.642. The first-order chi connectivity index (χ1) is 9.04. The second-order valence-electron chi connectivity index (χ2n) is 3.86. The van der Waals surface area contributed by atoms with Crippen molar-refractivity contribution in [1.29, 1.82) is 0 Å². The number of hydrogen-bond donors (Lipinski definition) is 3. The molecule has 2 amide bonds. The molecule has 1 aromatic heterocycles. The molecular formula is C10H17N5O3S. The van der Waals surface area contributed by atoms with Crippen LogP contribution in [0.15, 0.2) is 6.33 Å². The third-order valence-corrected chi connectivity index (χ3v) is 3.07. The first-order valence-electron chi connectivity index (χ1n) is 5.63. The van der Waals surface area contributed by atoms with E-state index in [2.05, 4.69) is 20.8 Å². The van der Waals surface area contributed by atoms with Crippen molar-refractivity contribution in [2.24, 2.45) is 7.05 Å². The Hall–Kier alpha value is -1.77. The number of thioether (sulfide) groups is 1. The predicted octanol–water partition coefficient (Wildman–Crippen LogP) is -0.179. The van der Waals surface area contributed by atoms with Crippen LogP contribution in [0.1, 0.15) is 12.2 Å². The minimum Gasteiger partial charge on any atom is -0.480 e. The molecule has 0 radical (unpaired) electrons. The average molecular weight is 287 g/mol. The summed E-state index contributed by atoms with van der Waals surface area (Å²) in [5, 5.41) is 21.4. The highest BCUT2D eigenvalue weighted by Gasteiger charge is 2.19. The summed E-state index contributed by atoms with van der Waals surface area (Å²) in [4.78, 5) is 22.5. The van der Waals surface area contributed by atoms with E-state index in [0.29, 0.717) is 18.0 Å². The molecule has 8 nitrogen and oxygen atoms in total. The fourth-order valence-corrected chi connectivity index (χ4v) is 1.80. The molecule has 0 spiro atoms. The number of aryl methyl sites for hydroxylation is 1. The molecule has 0 bridgehead atoms. The van der Waals surface area contributed by atoms with E-state index >= 15 is 0 Å². The molecule has 0 fully saturated rings. The van der Waals surface area contributed by atoms with Gasteiger partial charge in [0.15, 0.2) is 5.82 Å². The van der Waals surface area contributed by atoms with Gasteiger partial charge in [0, 0.05) is 7.05 Å². The molecule has 0 saturated carbocycles. The van der Waals surface area contributed by atoms with Crippen LogP contribution in [-0.2, 0) is 18.4 Å². The Morgan fingerprint density at radius 1 is 1.58 bits per heavy atom. The number of carboxylic acids is 1. The number of carboxylic acid groups (broad SMARTS) is 1. The molecule has 1 atom stereocenters. The van der Waals surface area contributed by atoms with Gasteiger partial charge in [0.25, 0.3) is 0 Å².